The predicted molar refractivity (Wildman–Crippen MR) is 113 cm³/mol. The lowest BCUT2D eigenvalue weighted by atomic mass is 10.2. The second kappa shape index (κ2) is 7.29. The summed E-state index contributed by atoms with van der Waals surface area (Å²) in [6, 6.07) is 3.61. The van der Waals surface area contributed by atoms with Gasteiger partial charge in [-0.3, -0.25) is 14.3 Å². The average Bonchev–Trinajstić information content (AvgIpc) is 3.34. The molecule has 1 fully saturated rings. The molecule has 10 heteroatoms. The minimum atomic E-state index is -0.367. The van der Waals surface area contributed by atoms with Gasteiger partial charge in [-0.2, -0.15) is 4.52 Å². The van der Waals surface area contributed by atoms with Gasteiger partial charge in [0.25, 0.3) is 0 Å². The normalized spacial score (nSPS) is 14.7. The fourth-order valence-corrected chi connectivity index (χ4v) is 4.83. The summed E-state index contributed by atoms with van der Waals surface area (Å²) in [4.78, 5) is 38.5. The fourth-order valence-electron chi connectivity index (χ4n) is 3.68. The smallest absolute Gasteiger partial charge is 0.352 e. The van der Waals surface area contributed by atoms with Crippen LogP contribution in [0.25, 0.3) is 27.3 Å². The van der Waals surface area contributed by atoms with Gasteiger partial charge in [-0.1, -0.05) is 0 Å². The van der Waals surface area contributed by atoms with Gasteiger partial charge in [-0.15, -0.1) is 16.4 Å². The molecule has 0 radical (unpaired) electrons. The van der Waals surface area contributed by atoms with E-state index in [-0.39, 0.29) is 18.1 Å². The summed E-state index contributed by atoms with van der Waals surface area (Å²) in [6.07, 6.45) is 3.33. The quantitative estimate of drug-likeness (QED) is 0.496. The second-order valence-corrected chi connectivity index (χ2v) is 8.44. The number of morpholine rings is 1. The van der Waals surface area contributed by atoms with Crippen molar-refractivity contribution in [2.75, 3.05) is 26.3 Å². The highest BCUT2D eigenvalue weighted by molar-refractivity contribution is 7.19. The zero-order valence-corrected chi connectivity index (χ0v) is 17.5. The molecular formula is C20H20N6O3S. The number of fused-ring (bicyclic) bond motifs is 3. The summed E-state index contributed by atoms with van der Waals surface area (Å²) in [7, 11) is 0. The number of hydrogen-bond acceptors (Lipinski definition) is 7. The maximum atomic E-state index is 13.3. The number of thiophene rings is 1. The number of hydrogen-bond donors (Lipinski definition) is 0. The van der Waals surface area contributed by atoms with Gasteiger partial charge in [-0.25, -0.2) is 9.78 Å². The Balaban J connectivity index is 1.70. The van der Waals surface area contributed by atoms with Gasteiger partial charge in [0.2, 0.25) is 5.91 Å². The third kappa shape index (κ3) is 2.99. The molecule has 1 aliphatic heterocycles. The first-order chi connectivity index (χ1) is 14.5. The number of carbonyl (C=O) groups excluding carboxylic acids is 1. The van der Waals surface area contributed by atoms with Crippen molar-refractivity contribution in [2.24, 2.45) is 0 Å². The number of ether oxygens (including phenoxy) is 1. The first-order valence-electron chi connectivity index (χ1n) is 9.70. The number of carbonyl (C=O) groups is 1. The number of aromatic nitrogens is 5. The van der Waals surface area contributed by atoms with E-state index in [0.29, 0.717) is 37.8 Å². The molecular weight excluding hydrogens is 404 g/mol. The Morgan fingerprint density at radius 3 is 2.67 bits per heavy atom. The van der Waals surface area contributed by atoms with Crippen molar-refractivity contribution in [3.63, 3.8) is 0 Å². The summed E-state index contributed by atoms with van der Waals surface area (Å²) in [5.74, 6) is 0.357. The monoisotopic (exact) mass is 424 g/mol. The molecule has 0 spiro atoms. The fraction of sp³-hybridized carbons (Fsp3) is 0.350. The van der Waals surface area contributed by atoms with Crippen molar-refractivity contribution in [1.29, 1.82) is 0 Å². The molecule has 0 aromatic carbocycles. The van der Waals surface area contributed by atoms with Crippen LogP contribution in [0.15, 0.2) is 29.3 Å². The van der Waals surface area contributed by atoms with Crippen LogP contribution in [-0.2, 0) is 16.1 Å². The van der Waals surface area contributed by atoms with Crippen LogP contribution in [0.2, 0.25) is 0 Å². The Labute approximate surface area is 175 Å². The molecule has 0 N–H and O–H groups in total. The standard InChI is InChI=1S/C20H20N6O3S/c1-12-13(2)30-19-16(12)18-22-17(14-3-5-21-6-4-14)23-26(18)20(28)25(19)11-15(27)24-7-9-29-10-8-24/h3-6H,7-11H2,1-2H3. The van der Waals surface area contributed by atoms with E-state index in [1.807, 2.05) is 13.8 Å². The maximum Gasteiger partial charge on any atom is 0.352 e. The highest BCUT2D eigenvalue weighted by Crippen LogP contribution is 2.32. The summed E-state index contributed by atoms with van der Waals surface area (Å²) >= 11 is 1.50. The zero-order valence-electron chi connectivity index (χ0n) is 16.7. The van der Waals surface area contributed by atoms with Crippen molar-refractivity contribution in [3.8, 4) is 11.4 Å². The molecule has 30 heavy (non-hydrogen) atoms. The topological polar surface area (TPSA) is 94.6 Å². The number of nitrogens with zero attached hydrogens (tertiary/aromatic N) is 6. The zero-order chi connectivity index (χ0) is 20.8. The van der Waals surface area contributed by atoms with Gasteiger partial charge in [0, 0.05) is 35.9 Å². The van der Waals surface area contributed by atoms with E-state index in [2.05, 4.69) is 15.1 Å². The van der Waals surface area contributed by atoms with Gasteiger partial charge < -0.3 is 9.64 Å². The van der Waals surface area contributed by atoms with Gasteiger partial charge in [0.05, 0.1) is 18.6 Å². The van der Waals surface area contributed by atoms with E-state index in [1.54, 1.807) is 29.4 Å². The Hall–Kier alpha value is -3.11. The molecule has 0 saturated carbocycles. The largest absolute Gasteiger partial charge is 0.378 e. The van der Waals surface area contributed by atoms with E-state index in [9.17, 15) is 9.59 Å². The van der Waals surface area contributed by atoms with Crippen molar-refractivity contribution < 1.29 is 9.53 Å². The van der Waals surface area contributed by atoms with E-state index < -0.39 is 0 Å². The lowest BCUT2D eigenvalue weighted by molar-refractivity contribution is -0.135. The molecule has 0 bridgehead atoms. The van der Waals surface area contributed by atoms with Gasteiger partial charge in [-0.05, 0) is 31.5 Å². The van der Waals surface area contributed by atoms with Gasteiger partial charge in [0.15, 0.2) is 11.5 Å². The molecule has 0 unspecified atom stereocenters. The van der Waals surface area contributed by atoms with Crippen LogP contribution < -0.4 is 5.69 Å². The molecule has 154 valence electrons. The number of pyridine rings is 1. The molecule has 1 aliphatic rings. The highest BCUT2D eigenvalue weighted by Gasteiger charge is 2.24. The Bertz CT molecular complexity index is 1320. The molecule has 5 heterocycles. The second-order valence-electron chi connectivity index (χ2n) is 7.23. The van der Waals surface area contributed by atoms with Crippen LogP contribution >= 0.6 is 11.3 Å². The van der Waals surface area contributed by atoms with Crippen LogP contribution in [0, 0.1) is 13.8 Å². The lowest BCUT2D eigenvalue weighted by Gasteiger charge is -2.27. The van der Waals surface area contributed by atoms with Crippen molar-refractivity contribution >= 4 is 33.1 Å². The predicted octanol–water partition coefficient (Wildman–Crippen LogP) is 1.64. The maximum absolute atomic E-state index is 13.3. The van der Waals surface area contributed by atoms with Crippen LogP contribution in [0.4, 0.5) is 0 Å². The Morgan fingerprint density at radius 1 is 1.20 bits per heavy atom. The van der Waals surface area contributed by atoms with E-state index in [4.69, 9.17) is 4.74 Å². The molecule has 9 nitrogen and oxygen atoms in total. The highest BCUT2D eigenvalue weighted by atomic mass is 32.1. The minimum absolute atomic E-state index is 0.0326. The SMILES string of the molecule is Cc1sc2c(c1C)c1nc(-c3ccncc3)nn1c(=O)n2CC(=O)N1CCOCC1. The van der Waals surface area contributed by atoms with E-state index in [0.717, 1.165) is 26.2 Å². The van der Waals surface area contributed by atoms with Crippen LogP contribution in [0.3, 0.4) is 0 Å². The Kier molecular flexibility index (Phi) is 4.59. The molecule has 4 aromatic rings. The van der Waals surface area contributed by atoms with E-state index >= 15 is 0 Å². The Morgan fingerprint density at radius 2 is 1.93 bits per heavy atom. The number of amides is 1. The third-order valence-corrected chi connectivity index (χ3v) is 6.68. The molecule has 4 aromatic heterocycles. The average molecular weight is 424 g/mol. The first kappa shape index (κ1) is 18.9. The van der Waals surface area contributed by atoms with Gasteiger partial charge in [0.1, 0.15) is 11.4 Å². The van der Waals surface area contributed by atoms with Crippen molar-refractivity contribution in [3.05, 3.63) is 45.5 Å². The summed E-state index contributed by atoms with van der Waals surface area (Å²) in [5.41, 5.74) is 1.97. The van der Waals surface area contributed by atoms with E-state index in [1.165, 1.54) is 20.4 Å². The van der Waals surface area contributed by atoms with Crippen LogP contribution in [0.5, 0.6) is 0 Å². The lowest BCUT2D eigenvalue weighted by Crippen LogP contribution is -2.44. The number of rotatable bonds is 3. The summed E-state index contributed by atoms with van der Waals surface area (Å²) in [6.45, 7) is 6.10. The van der Waals surface area contributed by atoms with Crippen molar-refractivity contribution in [2.45, 2.75) is 20.4 Å². The minimum Gasteiger partial charge on any atom is -0.378 e. The first-order valence-corrected chi connectivity index (χ1v) is 10.5. The molecule has 5 rings (SSSR count). The van der Waals surface area contributed by atoms with Crippen molar-refractivity contribution in [1.82, 2.24) is 29.0 Å². The molecule has 0 aliphatic carbocycles. The van der Waals surface area contributed by atoms with Crippen LogP contribution in [-0.4, -0.2) is 61.3 Å². The molecule has 0 atom stereocenters. The summed E-state index contributed by atoms with van der Waals surface area (Å²) in [5, 5.41) is 5.33. The van der Waals surface area contributed by atoms with Gasteiger partial charge >= 0.3 is 5.69 Å². The molecule has 1 saturated heterocycles. The third-order valence-electron chi connectivity index (χ3n) is 5.45. The number of aryl methyl sites for hydroxylation is 2. The summed E-state index contributed by atoms with van der Waals surface area (Å²) < 4.78 is 8.16. The van der Waals surface area contributed by atoms with Crippen LogP contribution in [0.1, 0.15) is 10.4 Å². The molecule has 1 amide bonds.